The van der Waals surface area contributed by atoms with Crippen LogP contribution >= 0.6 is 0 Å². The van der Waals surface area contributed by atoms with E-state index in [0.29, 0.717) is 24.5 Å². The fraction of sp³-hybridized carbons (Fsp3) is 0.409. The van der Waals surface area contributed by atoms with E-state index >= 15 is 0 Å². The number of nitrogens with zero attached hydrogens (tertiary/aromatic N) is 4. The van der Waals surface area contributed by atoms with Gasteiger partial charge in [-0.05, 0) is 37.5 Å². The van der Waals surface area contributed by atoms with Crippen molar-refractivity contribution in [2.75, 3.05) is 49.1 Å². The summed E-state index contributed by atoms with van der Waals surface area (Å²) < 4.78 is 42.2. The van der Waals surface area contributed by atoms with Crippen molar-refractivity contribution in [2.24, 2.45) is 0 Å². The second kappa shape index (κ2) is 9.05. The van der Waals surface area contributed by atoms with Gasteiger partial charge >= 0.3 is 0 Å². The van der Waals surface area contributed by atoms with Crippen molar-refractivity contribution in [2.45, 2.75) is 19.3 Å². The molecular formula is C22H23F3N4O3. The highest BCUT2D eigenvalue weighted by Crippen LogP contribution is 2.36. The van der Waals surface area contributed by atoms with Gasteiger partial charge in [0.05, 0.1) is 22.2 Å². The Hall–Kier alpha value is -3.30. The van der Waals surface area contributed by atoms with E-state index in [1.54, 1.807) is 4.90 Å². The zero-order valence-corrected chi connectivity index (χ0v) is 17.4. The van der Waals surface area contributed by atoms with E-state index in [4.69, 9.17) is 0 Å². The Morgan fingerprint density at radius 1 is 0.844 bits per heavy atom. The van der Waals surface area contributed by atoms with Gasteiger partial charge in [-0.1, -0.05) is 6.07 Å². The van der Waals surface area contributed by atoms with Crippen molar-refractivity contribution in [3.05, 3.63) is 63.5 Å². The summed E-state index contributed by atoms with van der Waals surface area (Å²) in [7, 11) is 0. The van der Waals surface area contributed by atoms with E-state index in [2.05, 4.69) is 0 Å². The molecule has 2 heterocycles. The molecule has 10 heteroatoms. The number of nitro benzene ring substituents is 1. The molecule has 0 spiro atoms. The Balaban J connectivity index is 1.55. The molecule has 2 aromatic carbocycles. The number of hydrogen-bond donors (Lipinski definition) is 0. The van der Waals surface area contributed by atoms with Crippen LogP contribution in [0, 0.1) is 27.6 Å². The molecule has 2 aliphatic heterocycles. The monoisotopic (exact) mass is 448 g/mol. The molecule has 0 unspecified atom stereocenters. The maximum absolute atomic E-state index is 14.7. The lowest BCUT2D eigenvalue weighted by Gasteiger charge is -2.36. The zero-order valence-electron chi connectivity index (χ0n) is 17.4. The number of piperidine rings is 1. The molecule has 32 heavy (non-hydrogen) atoms. The van der Waals surface area contributed by atoms with Gasteiger partial charge in [0, 0.05) is 39.3 Å². The molecule has 170 valence electrons. The van der Waals surface area contributed by atoms with Crippen LogP contribution in [0.1, 0.15) is 29.6 Å². The Bertz CT molecular complexity index is 1040. The lowest BCUT2D eigenvalue weighted by Crippen LogP contribution is -2.49. The third kappa shape index (κ3) is 4.21. The Morgan fingerprint density at radius 3 is 2.16 bits per heavy atom. The maximum atomic E-state index is 14.7. The summed E-state index contributed by atoms with van der Waals surface area (Å²) in [5.41, 5.74) is -0.0514. The van der Waals surface area contributed by atoms with E-state index in [9.17, 15) is 28.1 Å². The largest absolute Gasteiger partial charge is 0.369 e. The summed E-state index contributed by atoms with van der Waals surface area (Å²) in [5.74, 6) is -3.55. The van der Waals surface area contributed by atoms with Crippen LogP contribution in [0.4, 0.5) is 30.2 Å². The van der Waals surface area contributed by atoms with E-state index < -0.39 is 28.3 Å². The van der Waals surface area contributed by atoms with Crippen molar-refractivity contribution in [1.82, 2.24) is 4.90 Å². The SMILES string of the molecule is O=C(c1cccc(F)c1F)N1CCN(c2cc(N3CCCCC3)c(F)cc2[N+](=O)[O-])CC1. The summed E-state index contributed by atoms with van der Waals surface area (Å²) in [6.45, 7) is 2.21. The Kier molecular flexibility index (Phi) is 6.20. The molecule has 7 nitrogen and oxygen atoms in total. The molecule has 0 bridgehead atoms. The summed E-state index contributed by atoms with van der Waals surface area (Å²) in [6.07, 6.45) is 2.94. The predicted molar refractivity (Wildman–Crippen MR) is 114 cm³/mol. The van der Waals surface area contributed by atoms with Gasteiger partial charge in [-0.15, -0.1) is 0 Å². The summed E-state index contributed by atoms with van der Waals surface area (Å²) in [4.78, 5) is 28.6. The highest BCUT2D eigenvalue weighted by molar-refractivity contribution is 5.94. The number of hydrogen-bond acceptors (Lipinski definition) is 5. The highest BCUT2D eigenvalue weighted by Gasteiger charge is 2.30. The molecule has 2 aliphatic rings. The molecule has 0 saturated carbocycles. The fourth-order valence-electron chi connectivity index (χ4n) is 4.31. The lowest BCUT2D eigenvalue weighted by atomic mass is 10.1. The summed E-state index contributed by atoms with van der Waals surface area (Å²) in [6, 6.07) is 5.91. The average molecular weight is 448 g/mol. The Morgan fingerprint density at radius 2 is 1.50 bits per heavy atom. The molecular weight excluding hydrogens is 425 g/mol. The molecule has 0 atom stereocenters. The fourth-order valence-corrected chi connectivity index (χ4v) is 4.31. The number of nitro groups is 1. The van der Waals surface area contributed by atoms with Crippen molar-refractivity contribution in [3.8, 4) is 0 Å². The van der Waals surface area contributed by atoms with Gasteiger partial charge in [-0.2, -0.15) is 0 Å². The van der Waals surface area contributed by atoms with Gasteiger partial charge in [0.15, 0.2) is 17.5 Å². The maximum Gasteiger partial charge on any atom is 0.295 e. The highest BCUT2D eigenvalue weighted by atomic mass is 19.2. The first-order valence-electron chi connectivity index (χ1n) is 10.6. The van der Waals surface area contributed by atoms with Gasteiger partial charge in [0.1, 0.15) is 5.69 Å². The number of piperazine rings is 1. The van der Waals surface area contributed by atoms with Gasteiger partial charge in [0.2, 0.25) is 0 Å². The van der Waals surface area contributed by atoms with Crippen molar-refractivity contribution in [1.29, 1.82) is 0 Å². The molecule has 0 aromatic heterocycles. The third-order valence-corrected chi connectivity index (χ3v) is 6.03. The Labute approximate surface area is 183 Å². The normalized spacial score (nSPS) is 16.9. The van der Waals surface area contributed by atoms with Crippen LogP contribution in [0.25, 0.3) is 0 Å². The van der Waals surface area contributed by atoms with E-state index in [1.165, 1.54) is 23.1 Å². The average Bonchev–Trinajstić information content (AvgIpc) is 2.81. The first-order chi connectivity index (χ1) is 15.4. The van der Waals surface area contributed by atoms with Crippen LogP contribution in [0.2, 0.25) is 0 Å². The minimum atomic E-state index is -1.19. The zero-order chi connectivity index (χ0) is 22.8. The minimum absolute atomic E-state index is 0.169. The number of carbonyl (C=O) groups is 1. The predicted octanol–water partition coefficient (Wildman–Crippen LogP) is 3.96. The van der Waals surface area contributed by atoms with Crippen LogP contribution in [0.15, 0.2) is 30.3 Å². The molecule has 1 amide bonds. The molecule has 2 saturated heterocycles. The van der Waals surface area contributed by atoms with Gasteiger partial charge in [-0.25, -0.2) is 13.2 Å². The second-order valence-electron chi connectivity index (χ2n) is 7.98. The van der Waals surface area contributed by atoms with Crippen LogP contribution in [-0.2, 0) is 0 Å². The molecule has 4 rings (SSSR count). The van der Waals surface area contributed by atoms with E-state index in [-0.39, 0.29) is 37.4 Å². The number of benzene rings is 2. The first-order valence-corrected chi connectivity index (χ1v) is 10.6. The van der Waals surface area contributed by atoms with Crippen LogP contribution in [-0.4, -0.2) is 55.0 Å². The first kappa shape index (κ1) is 21.9. The van der Waals surface area contributed by atoms with Gasteiger partial charge in [-0.3, -0.25) is 14.9 Å². The third-order valence-electron chi connectivity index (χ3n) is 6.03. The number of amides is 1. The van der Waals surface area contributed by atoms with E-state index in [1.807, 2.05) is 4.90 Å². The van der Waals surface area contributed by atoms with Crippen LogP contribution in [0.5, 0.6) is 0 Å². The molecule has 2 fully saturated rings. The summed E-state index contributed by atoms with van der Waals surface area (Å²) in [5, 5.41) is 11.6. The molecule has 2 aromatic rings. The lowest BCUT2D eigenvalue weighted by molar-refractivity contribution is -0.384. The van der Waals surface area contributed by atoms with Crippen LogP contribution in [0.3, 0.4) is 0 Å². The quantitative estimate of drug-likeness (QED) is 0.523. The summed E-state index contributed by atoms with van der Waals surface area (Å²) >= 11 is 0. The second-order valence-corrected chi connectivity index (χ2v) is 7.98. The minimum Gasteiger partial charge on any atom is -0.369 e. The van der Waals surface area contributed by atoms with Crippen LogP contribution < -0.4 is 9.80 Å². The smallest absolute Gasteiger partial charge is 0.295 e. The molecule has 0 N–H and O–H groups in total. The number of halogens is 3. The molecule has 0 radical (unpaired) electrons. The van der Waals surface area contributed by atoms with Crippen molar-refractivity contribution < 1.29 is 22.9 Å². The van der Waals surface area contributed by atoms with Gasteiger partial charge in [0.25, 0.3) is 11.6 Å². The van der Waals surface area contributed by atoms with Gasteiger partial charge < -0.3 is 14.7 Å². The number of anilines is 2. The number of rotatable bonds is 4. The van der Waals surface area contributed by atoms with E-state index in [0.717, 1.165) is 31.4 Å². The standard InChI is InChI=1S/C22H23F3N4O3/c23-16-6-4-5-15(21(16)25)22(30)28-11-9-27(10-12-28)19-14-18(26-7-2-1-3-8-26)17(24)13-20(19)29(31)32/h4-6,13-14H,1-3,7-12H2. The number of carbonyl (C=O) groups excluding carboxylic acids is 1. The topological polar surface area (TPSA) is 69.9 Å². The van der Waals surface area contributed by atoms with Crippen molar-refractivity contribution >= 4 is 23.0 Å². The van der Waals surface area contributed by atoms with Crippen molar-refractivity contribution in [3.63, 3.8) is 0 Å². The molecule has 0 aliphatic carbocycles.